The molecular formula is C21H25N2+. The van der Waals surface area contributed by atoms with Crippen molar-refractivity contribution in [2.24, 2.45) is 4.99 Å². The largest absolute Gasteiger partial charge is 0.272 e. The minimum Gasteiger partial charge on any atom is -0.272 e. The molecule has 0 bridgehead atoms. The molecule has 0 heterocycles. The van der Waals surface area contributed by atoms with E-state index < -0.39 is 0 Å². The van der Waals surface area contributed by atoms with Gasteiger partial charge in [-0.05, 0) is 50.2 Å². The zero-order chi connectivity index (χ0) is 17.0. The molecule has 0 saturated carbocycles. The summed E-state index contributed by atoms with van der Waals surface area (Å²) < 4.78 is 2.15. The van der Waals surface area contributed by atoms with Crippen molar-refractivity contribution in [3.63, 3.8) is 0 Å². The van der Waals surface area contributed by atoms with Gasteiger partial charge in [-0.3, -0.25) is 4.99 Å². The number of hydrogen-bond acceptors (Lipinski definition) is 1. The van der Waals surface area contributed by atoms with Crippen molar-refractivity contribution >= 4 is 18.0 Å². The van der Waals surface area contributed by atoms with Gasteiger partial charge in [0.05, 0.1) is 5.57 Å². The highest BCUT2D eigenvalue weighted by molar-refractivity contribution is 6.30. The lowest BCUT2D eigenvalue weighted by atomic mass is 9.90. The summed E-state index contributed by atoms with van der Waals surface area (Å²) in [6.07, 6.45) is 1.86. The van der Waals surface area contributed by atoms with E-state index in [1.54, 1.807) is 0 Å². The molecule has 0 atom stereocenters. The highest BCUT2D eigenvalue weighted by Gasteiger charge is 2.22. The molecule has 0 aromatic heterocycles. The summed E-state index contributed by atoms with van der Waals surface area (Å²) >= 11 is 0. The fourth-order valence-corrected chi connectivity index (χ4v) is 2.93. The Labute approximate surface area is 139 Å². The van der Waals surface area contributed by atoms with Crippen LogP contribution in [0.15, 0.2) is 53.7 Å². The Balaban J connectivity index is 2.73. The van der Waals surface area contributed by atoms with Gasteiger partial charge in [-0.25, -0.2) is 4.58 Å². The van der Waals surface area contributed by atoms with Gasteiger partial charge in [0.25, 0.3) is 0 Å². The lowest BCUT2D eigenvalue weighted by molar-refractivity contribution is -0.462. The molecule has 0 aliphatic heterocycles. The number of allylic oxidation sites excluding steroid dienone is 1. The molecule has 0 spiro atoms. The first kappa shape index (κ1) is 16.9. The second-order valence-corrected chi connectivity index (χ2v) is 6.10. The number of nitrogens with zero attached hydrogens (tertiary/aromatic N) is 2. The maximum Gasteiger partial charge on any atom is 0.216 e. The fraction of sp³-hybridized carbons (Fsp3) is 0.238. The zero-order valence-electron chi connectivity index (χ0n) is 14.7. The first-order valence-electron chi connectivity index (χ1n) is 7.80. The number of hydrogen-bond donors (Lipinski definition) is 0. The summed E-state index contributed by atoms with van der Waals surface area (Å²) in [5.41, 5.74) is 8.41. The van der Waals surface area contributed by atoms with Crippen LogP contribution in [0.4, 0.5) is 0 Å². The molecule has 0 amide bonds. The summed E-state index contributed by atoms with van der Waals surface area (Å²) in [5.74, 6) is 0. The Bertz CT molecular complexity index is 791. The second kappa shape index (κ2) is 7.19. The SMILES string of the molecule is C=N/C=C(\C(c1ccccc1C)=[N+](C)C)c1ccc(C)cc1C. The maximum atomic E-state index is 4.07. The van der Waals surface area contributed by atoms with E-state index in [0.717, 1.165) is 11.3 Å². The van der Waals surface area contributed by atoms with Crippen LogP contribution in [-0.2, 0) is 0 Å². The third-order valence-electron chi connectivity index (χ3n) is 3.99. The van der Waals surface area contributed by atoms with Crippen molar-refractivity contribution in [3.8, 4) is 0 Å². The van der Waals surface area contributed by atoms with E-state index in [1.165, 1.54) is 27.8 Å². The van der Waals surface area contributed by atoms with Gasteiger partial charge < -0.3 is 0 Å². The maximum absolute atomic E-state index is 4.07. The van der Waals surface area contributed by atoms with Gasteiger partial charge in [0.15, 0.2) is 0 Å². The van der Waals surface area contributed by atoms with Crippen LogP contribution in [0.5, 0.6) is 0 Å². The minimum absolute atomic E-state index is 1.09. The van der Waals surface area contributed by atoms with Crippen LogP contribution in [0.1, 0.15) is 27.8 Å². The number of rotatable bonds is 4. The van der Waals surface area contributed by atoms with E-state index in [4.69, 9.17) is 0 Å². The number of aliphatic imine (C=N–C) groups is 1. The van der Waals surface area contributed by atoms with Gasteiger partial charge in [-0.15, -0.1) is 0 Å². The third kappa shape index (κ3) is 3.65. The average Bonchev–Trinajstić information content (AvgIpc) is 2.48. The quantitative estimate of drug-likeness (QED) is 0.587. The van der Waals surface area contributed by atoms with Gasteiger partial charge in [0.2, 0.25) is 5.71 Å². The van der Waals surface area contributed by atoms with E-state index in [0.29, 0.717) is 0 Å². The standard InChI is InChI=1S/C21H25N2/c1-15-11-12-18(17(3)13-15)20(14-22-4)21(23(5)6)19-10-8-7-9-16(19)2/h7-14H,4H2,1-3,5-6H3/q+1. The number of aryl methyl sites for hydroxylation is 3. The van der Waals surface area contributed by atoms with Crippen molar-refractivity contribution in [1.29, 1.82) is 0 Å². The molecule has 0 aliphatic rings. The van der Waals surface area contributed by atoms with Gasteiger partial charge in [-0.2, -0.15) is 0 Å². The van der Waals surface area contributed by atoms with Crippen molar-refractivity contribution in [1.82, 2.24) is 0 Å². The molecule has 0 saturated heterocycles. The Kier molecular flexibility index (Phi) is 5.28. The van der Waals surface area contributed by atoms with Crippen LogP contribution in [0.2, 0.25) is 0 Å². The summed E-state index contributed by atoms with van der Waals surface area (Å²) in [5, 5.41) is 0. The van der Waals surface area contributed by atoms with Crippen molar-refractivity contribution in [2.75, 3.05) is 14.1 Å². The zero-order valence-corrected chi connectivity index (χ0v) is 14.7. The van der Waals surface area contributed by atoms with Gasteiger partial charge in [-0.1, -0.05) is 42.0 Å². The van der Waals surface area contributed by atoms with E-state index in [2.05, 4.69) is 93.6 Å². The highest BCUT2D eigenvalue weighted by atomic mass is 14.9. The average molecular weight is 305 g/mol. The Hall–Kier alpha value is -2.48. The topological polar surface area (TPSA) is 15.4 Å². The molecule has 0 aliphatic carbocycles. The van der Waals surface area contributed by atoms with E-state index in [9.17, 15) is 0 Å². The molecule has 118 valence electrons. The van der Waals surface area contributed by atoms with Crippen molar-refractivity contribution in [2.45, 2.75) is 20.8 Å². The van der Waals surface area contributed by atoms with Crippen LogP contribution in [0.3, 0.4) is 0 Å². The van der Waals surface area contributed by atoms with Gasteiger partial charge in [0.1, 0.15) is 14.1 Å². The predicted molar refractivity (Wildman–Crippen MR) is 101 cm³/mol. The van der Waals surface area contributed by atoms with Crippen molar-refractivity contribution < 1.29 is 4.58 Å². The van der Waals surface area contributed by atoms with E-state index in [1.807, 2.05) is 6.20 Å². The molecule has 0 N–H and O–H groups in total. The first-order chi connectivity index (χ1) is 11.0. The molecule has 2 aromatic carbocycles. The van der Waals surface area contributed by atoms with Crippen LogP contribution >= 0.6 is 0 Å². The molecule has 0 fully saturated rings. The molecule has 23 heavy (non-hydrogen) atoms. The number of benzene rings is 2. The van der Waals surface area contributed by atoms with Gasteiger partial charge in [0, 0.05) is 11.8 Å². The van der Waals surface area contributed by atoms with Gasteiger partial charge >= 0.3 is 0 Å². The smallest absolute Gasteiger partial charge is 0.216 e. The second-order valence-electron chi connectivity index (χ2n) is 6.10. The van der Waals surface area contributed by atoms with E-state index in [-0.39, 0.29) is 0 Å². The first-order valence-corrected chi connectivity index (χ1v) is 7.80. The molecule has 2 heteroatoms. The lowest BCUT2D eigenvalue weighted by Gasteiger charge is -2.14. The monoisotopic (exact) mass is 305 g/mol. The summed E-state index contributed by atoms with van der Waals surface area (Å²) in [6, 6.07) is 15.0. The van der Waals surface area contributed by atoms with Crippen LogP contribution < -0.4 is 0 Å². The highest BCUT2D eigenvalue weighted by Crippen LogP contribution is 2.26. The molecule has 2 nitrogen and oxygen atoms in total. The molecule has 0 unspecified atom stereocenters. The summed E-state index contributed by atoms with van der Waals surface area (Å²) in [6.45, 7) is 10.1. The summed E-state index contributed by atoms with van der Waals surface area (Å²) in [7, 11) is 4.14. The minimum atomic E-state index is 1.09. The third-order valence-corrected chi connectivity index (χ3v) is 3.99. The summed E-state index contributed by atoms with van der Waals surface area (Å²) in [4.78, 5) is 4.07. The molecular weight excluding hydrogens is 280 g/mol. The Morgan fingerprint density at radius 1 is 0.957 bits per heavy atom. The predicted octanol–water partition coefficient (Wildman–Crippen LogP) is 4.41. The normalized spacial score (nSPS) is 11.3. The van der Waals surface area contributed by atoms with Crippen molar-refractivity contribution in [3.05, 3.63) is 76.5 Å². The molecule has 2 rings (SSSR count). The Morgan fingerprint density at radius 3 is 2.22 bits per heavy atom. The van der Waals surface area contributed by atoms with Crippen LogP contribution in [-0.4, -0.2) is 31.1 Å². The molecule has 0 radical (unpaired) electrons. The lowest BCUT2D eigenvalue weighted by Crippen LogP contribution is -2.18. The fourth-order valence-electron chi connectivity index (χ4n) is 2.93. The Morgan fingerprint density at radius 2 is 1.65 bits per heavy atom. The molecule has 2 aromatic rings. The van der Waals surface area contributed by atoms with E-state index >= 15 is 0 Å². The van der Waals surface area contributed by atoms with Crippen LogP contribution in [0, 0.1) is 20.8 Å². The van der Waals surface area contributed by atoms with Crippen LogP contribution in [0.25, 0.3) is 5.57 Å².